The zero-order chi connectivity index (χ0) is 13.2. The SMILES string of the molecule is O=C(O)c1cc(NC(=O)C(F)(F)F)ccc1Cl. The van der Waals surface area contributed by atoms with Crippen LogP contribution in [0.2, 0.25) is 5.02 Å². The minimum atomic E-state index is -5.04. The lowest BCUT2D eigenvalue weighted by Crippen LogP contribution is -2.29. The predicted octanol–water partition coefficient (Wildman–Crippen LogP) is 2.54. The van der Waals surface area contributed by atoms with Crippen molar-refractivity contribution in [3.8, 4) is 0 Å². The fourth-order valence-corrected chi connectivity index (χ4v) is 1.17. The number of amides is 1. The number of anilines is 1. The third kappa shape index (κ3) is 3.35. The third-order valence-corrected chi connectivity index (χ3v) is 2.04. The molecule has 17 heavy (non-hydrogen) atoms. The van der Waals surface area contributed by atoms with Gasteiger partial charge in [0, 0.05) is 5.69 Å². The largest absolute Gasteiger partial charge is 0.478 e. The molecule has 0 aliphatic carbocycles. The van der Waals surface area contributed by atoms with Gasteiger partial charge in [-0.15, -0.1) is 0 Å². The maximum absolute atomic E-state index is 11.9. The fourth-order valence-electron chi connectivity index (χ4n) is 0.969. The number of rotatable bonds is 2. The van der Waals surface area contributed by atoms with Gasteiger partial charge in [0.2, 0.25) is 0 Å². The zero-order valence-corrected chi connectivity index (χ0v) is 8.76. The molecule has 8 heteroatoms. The highest BCUT2D eigenvalue weighted by molar-refractivity contribution is 6.33. The van der Waals surface area contributed by atoms with Crippen molar-refractivity contribution >= 4 is 29.2 Å². The first kappa shape index (κ1) is 13.3. The number of carbonyl (C=O) groups excluding carboxylic acids is 1. The van der Waals surface area contributed by atoms with Crippen molar-refractivity contribution in [1.82, 2.24) is 0 Å². The monoisotopic (exact) mass is 267 g/mol. The molecule has 0 aliphatic rings. The molecule has 0 atom stereocenters. The first-order valence-electron chi connectivity index (χ1n) is 4.13. The van der Waals surface area contributed by atoms with Gasteiger partial charge in [0.1, 0.15) is 0 Å². The second kappa shape index (κ2) is 4.62. The van der Waals surface area contributed by atoms with E-state index in [1.807, 2.05) is 0 Å². The van der Waals surface area contributed by atoms with Crippen molar-refractivity contribution in [3.05, 3.63) is 28.8 Å². The lowest BCUT2D eigenvalue weighted by atomic mass is 10.2. The second-order valence-electron chi connectivity index (χ2n) is 2.95. The summed E-state index contributed by atoms with van der Waals surface area (Å²) in [7, 11) is 0. The molecule has 1 aromatic rings. The highest BCUT2D eigenvalue weighted by Gasteiger charge is 2.38. The van der Waals surface area contributed by atoms with E-state index in [0.29, 0.717) is 0 Å². The van der Waals surface area contributed by atoms with Crippen LogP contribution in [0.4, 0.5) is 18.9 Å². The Morgan fingerprint density at radius 1 is 1.29 bits per heavy atom. The highest BCUT2D eigenvalue weighted by Crippen LogP contribution is 2.23. The van der Waals surface area contributed by atoms with Crippen molar-refractivity contribution in [2.24, 2.45) is 0 Å². The molecule has 0 spiro atoms. The minimum absolute atomic E-state index is 0.137. The van der Waals surface area contributed by atoms with Crippen molar-refractivity contribution in [3.63, 3.8) is 0 Å². The van der Waals surface area contributed by atoms with E-state index in [2.05, 4.69) is 0 Å². The lowest BCUT2D eigenvalue weighted by molar-refractivity contribution is -0.167. The van der Waals surface area contributed by atoms with Crippen LogP contribution in [0.15, 0.2) is 18.2 Å². The fraction of sp³-hybridized carbons (Fsp3) is 0.111. The summed E-state index contributed by atoms with van der Waals surface area (Å²) in [6, 6.07) is 2.99. The number of benzene rings is 1. The van der Waals surface area contributed by atoms with E-state index in [9.17, 15) is 22.8 Å². The number of nitrogens with one attached hydrogen (secondary N) is 1. The summed E-state index contributed by atoms with van der Waals surface area (Å²) in [6.07, 6.45) is -5.04. The number of aromatic carboxylic acids is 1. The number of hydrogen-bond donors (Lipinski definition) is 2. The van der Waals surface area contributed by atoms with E-state index in [-0.39, 0.29) is 10.7 Å². The molecule has 0 unspecified atom stereocenters. The average molecular weight is 268 g/mol. The summed E-state index contributed by atoms with van der Waals surface area (Å²) < 4.78 is 35.8. The van der Waals surface area contributed by atoms with Gasteiger partial charge in [-0.05, 0) is 18.2 Å². The van der Waals surface area contributed by atoms with Gasteiger partial charge in [-0.3, -0.25) is 4.79 Å². The van der Waals surface area contributed by atoms with Crippen LogP contribution in [-0.2, 0) is 4.79 Å². The van der Waals surface area contributed by atoms with Crippen LogP contribution in [0.3, 0.4) is 0 Å². The maximum Gasteiger partial charge on any atom is 0.471 e. The Hall–Kier alpha value is -1.76. The number of alkyl halides is 3. The number of carboxylic acid groups (broad SMARTS) is 1. The Morgan fingerprint density at radius 3 is 2.35 bits per heavy atom. The number of carbonyl (C=O) groups is 2. The Kier molecular flexibility index (Phi) is 3.62. The molecule has 0 saturated heterocycles. The van der Waals surface area contributed by atoms with E-state index < -0.39 is 23.6 Å². The molecule has 1 aromatic carbocycles. The molecule has 2 N–H and O–H groups in total. The van der Waals surface area contributed by atoms with Crippen LogP contribution in [0.5, 0.6) is 0 Å². The van der Waals surface area contributed by atoms with Gasteiger partial charge in [-0.25, -0.2) is 4.79 Å². The van der Waals surface area contributed by atoms with Crippen molar-refractivity contribution in [2.45, 2.75) is 6.18 Å². The molecule has 0 heterocycles. The quantitative estimate of drug-likeness (QED) is 0.865. The topological polar surface area (TPSA) is 66.4 Å². The molecule has 1 rings (SSSR count). The summed E-state index contributed by atoms with van der Waals surface area (Å²) in [5, 5.41) is 10.0. The Bertz CT molecular complexity index is 473. The standard InChI is InChI=1S/C9H5ClF3NO3/c10-6-2-1-4(3-5(6)7(15)16)14-8(17)9(11,12)13/h1-3H,(H,14,17)(H,15,16). The Morgan fingerprint density at radius 2 is 1.88 bits per heavy atom. The predicted molar refractivity (Wildman–Crippen MR) is 53.1 cm³/mol. The Labute approximate surface area is 98.0 Å². The van der Waals surface area contributed by atoms with Gasteiger partial charge >= 0.3 is 18.1 Å². The normalized spacial score (nSPS) is 11.1. The summed E-state index contributed by atoms with van der Waals surface area (Å²) in [5.41, 5.74) is -0.694. The maximum atomic E-state index is 11.9. The summed E-state index contributed by atoms with van der Waals surface area (Å²) in [6.45, 7) is 0. The molecule has 0 radical (unpaired) electrons. The lowest BCUT2D eigenvalue weighted by Gasteiger charge is -2.08. The van der Waals surface area contributed by atoms with Crippen molar-refractivity contribution < 1.29 is 27.9 Å². The Balaban J connectivity index is 2.98. The molecule has 0 fully saturated rings. The number of halogens is 4. The molecular formula is C9H5ClF3NO3. The summed E-state index contributed by atoms with van der Waals surface area (Å²) >= 11 is 5.50. The first-order chi connectivity index (χ1) is 7.71. The van der Waals surface area contributed by atoms with Crippen LogP contribution >= 0.6 is 11.6 Å². The summed E-state index contributed by atoms with van der Waals surface area (Å²) in [4.78, 5) is 21.2. The van der Waals surface area contributed by atoms with Crippen LogP contribution in [0, 0.1) is 0 Å². The molecule has 92 valence electrons. The molecular weight excluding hydrogens is 263 g/mol. The van der Waals surface area contributed by atoms with E-state index in [4.69, 9.17) is 16.7 Å². The van der Waals surface area contributed by atoms with Gasteiger partial charge < -0.3 is 10.4 Å². The van der Waals surface area contributed by atoms with Gasteiger partial charge in [0.05, 0.1) is 10.6 Å². The molecule has 0 bridgehead atoms. The van der Waals surface area contributed by atoms with Crippen LogP contribution in [0.25, 0.3) is 0 Å². The van der Waals surface area contributed by atoms with E-state index >= 15 is 0 Å². The highest BCUT2D eigenvalue weighted by atomic mass is 35.5. The molecule has 0 aliphatic heterocycles. The van der Waals surface area contributed by atoms with Gasteiger partial charge in [-0.2, -0.15) is 13.2 Å². The molecule has 0 aromatic heterocycles. The van der Waals surface area contributed by atoms with Crippen molar-refractivity contribution in [2.75, 3.05) is 5.32 Å². The third-order valence-electron chi connectivity index (χ3n) is 1.71. The van der Waals surface area contributed by atoms with Gasteiger partial charge in [-0.1, -0.05) is 11.6 Å². The summed E-state index contributed by atoms with van der Waals surface area (Å²) in [5.74, 6) is -3.59. The van der Waals surface area contributed by atoms with Crippen LogP contribution in [-0.4, -0.2) is 23.2 Å². The van der Waals surface area contributed by atoms with Gasteiger partial charge in [0.25, 0.3) is 0 Å². The smallest absolute Gasteiger partial charge is 0.471 e. The molecule has 0 saturated carbocycles. The molecule has 1 amide bonds. The molecule has 4 nitrogen and oxygen atoms in total. The van der Waals surface area contributed by atoms with E-state index in [1.165, 1.54) is 5.32 Å². The second-order valence-corrected chi connectivity index (χ2v) is 3.36. The van der Waals surface area contributed by atoms with E-state index in [0.717, 1.165) is 18.2 Å². The van der Waals surface area contributed by atoms with E-state index in [1.54, 1.807) is 0 Å². The van der Waals surface area contributed by atoms with Crippen LogP contribution < -0.4 is 5.32 Å². The number of carboxylic acids is 1. The number of hydrogen-bond acceptors (Lipinski definition) is 2. The van der Waals surface area contributed by atoms with Crippen molar-refractivity contribution in [1.29, 1.82) is 0 Å². The zero-order valence-electron chi connectivity index (χ0n) is 8.01. The minimum Gasteiger partial charge on any atom is -0.478 e. The van der Waals surface area contributed by atoms with Crippen LogP contribution in [0.1, 0.15) is 10.4 Å². The average Bonchev–Trinajstić information content (AvgIpc) is 2.19. The first-order valence-corrected chi connectivity index (χ1v) is 4.50. The van der Waals surface area contributed by atoms with Gasteiger partial charge in [0.15, 0.2) is 0 Å².